The maximum absolute atomic E-state index is 12.6. The molecule has 1 aromatic carbocycles. The quantitative estimate of drug-likeness (QED) is 0.922. The molecule has 0 spiro atoms. The van der Waals surface area contributed by atoms with Gasteiger partial charge in [0.15, 0.2) is 0 Å². The van der Waals surface area contributed by atoms with Crippen LogP contribution >= 0.6 is 0 Å². The lowest BCUT2D eigenvalue weighted by atomic mass is 10.1. The van der Waals surface area contributed by atoms with E-state index in [0.717, 1.165) is 11.4 Å². The number of carbonyl (C=O) groups is 2. The predicted molar refractivity (Wildman–Crippen MR) is 102 cm³/mol. The van der Waals surface area contributed by atoms with Gasteiger partial charge in [-0.2, -0.15) is 0 Å². The molecule has 0 unspecified atom stereocenters. The molecule has 1 saturated heterocycles. The van der Waals surface area contributed by atoms with Gasteiger partial charge in [-0.1, -0.05) is 12.1 Å². The zero-order chi connectivity index (χ0) is 18.7. The summed E-state index contributed by atoms with van der Waals surface area (Å²) in [4.78, 5) is 31.8. The van der Waals surface area contributed by atoms with Crippen LogP contribution in [-0.4, -0.2) is 52.8 Å². The highest BCUT2D eigenvalue weighted by atomic mass is 16.2. The average molecular weight is 352 g/mol. The number of pyridine rings is 1. The third kappa shape index (κ3) is 3.85. The van der Waals surface area contributed by atoms with E-state index in [1.54, 1.807) is 29.0 Å². The highest BCUT2D eigenvalue weighted by Gasteiger charge is 2.23. The molecule has 0 radical (unpaired) electrons. The molecule has 1 fully saturated rings. The summed E-state index contributed by atoms with van der Waals surface area (Å²) in [7, 11) is 0. The van der Waals surface area contributed by atoms with Crippen LogP contribution < -0.4 is 5.32 Å². The minimum atomic E-state index is -0.0912. The Labute approximate surface area is 153 Å². The summed E-state index contributed by atoms with van der Waals surface area (Å²) in [6.45, 7) is 7.95. The smallest absolute Gasteiger partial charge is 0.272 e. The zero-order valence-corrected chi connectivity index (χ0v) is 15.5. The van der Waals surface area contributed by atoms with Crippen LogP contribution in [0.15, 0.2) is 36.5 Å². The minimum absolute atomic E-state index is 0.0529. The Balaban J connectivity index is 1.65. The summed E-state index contributed by atoms with van der Waals surface area (Å²) in [5.41, 5.74) is 4.71. The molecule has 0 bridgehead atoms. The molecule has 26 heavy (non-hydrogen) atoms. The fraction of sp³-hybridized carbons (Fsp3) is 0.350. The van der Waals surface area contributed by atoms with Gasteiger partial charge in [-0.3, -0.25) is 9.59 Å². The monoisotopic (exact) mass is 352 g/mol. The molecule has 6 heteroatoms. The molecule has 2 amide bonds. The Morgan fingerprint density at radius 2 is 1.69 bits per heavy atom. The van der Waals surface area contributed by atoms with Crippen LogP contribution in [0.2, 0.25) is 0 Å². The maximum Gasteiger partial charge on any atom is 0.272 e. The molecule has 1 N–H and O–H groups in total. The highest BCUT2D eigenvalue weighted by molar-refractivity contribution is 5.92. The summed E-state index contributed by atoms with van der Waals surface area (Å²) >= 11 is 0. The van der Waals surface area contributed by atoms with Crippen molar-refractivity contribution in [2.24, 2.45) is 0 Å². The van der Waals surface area contributed by atoms with E-state index in [1.165, 1.54) is 11.1 Å². The Bertz CT molecular complexity index is 809. The van der Waals surface area contributed by atoms with Gasteiger partial charge in [0, 0.05) is 38.8 Å². The lowest BCUT2D eigenvalue weighted by Gasteiger charge is -2.34. The summed E-state index contributed by atoms with van der Waals surface area (Å²) in [5.74, 6) is -0.0384. The average Bonchev–Trinajstić information content (AvgIpc) is 2.65. The van der Waals surface area contributed by atoms with Crippen molar-refractivity contribution in [1.29, 1.82) is 0 Å². The van der Waals surface area contributed by atoms with E-state index in [-0.39, 0.29) is 11.8 Å². The van der Waals surface area contributed by atoms with Crippen molar-refractivity contribution in [3.8, 4) is 0 Å². The van der Waals surface area contributed by atoms with Crippen molar-refractivity contribution < 1.29 is 9.59 Å². The molecule has 1 aliphatic heterocycles. The van der Waals surface area contributed by atoms with Crippen LogP contribution in [-0.2, 0) is 4.79 Å². The molecule has 6 nitrogen and oxygen atoms in total. The summed E-state index contributed by atoms with van der Waals surface area (Å²) < 4.78 is 0. The number of aryl methyl sites for hydroxylation is 1. The number of rotatable bonds is 3. The lowest BCUT2D eigenvalue weighted by Crippen LogP contribution is -2.50. The first-order valence-corrected chi connectivity index (χ1v) is 8.80. The first-order valence-electron chi connectivity index (χ1n) is 8.80. The van der Waals surface area contributed by atoms with Gasteiger partial charge >= 0.3 is 0 Å². The standard InChI is InChI=1S/C20H24N4O2/c1-14-5-4-6-18(15(14)2)22-17-7-8-19(21-13-17)20(26)24-11-9-23(10-12-24)16(3)25/h4-8,13,22H,9-12H2,1-3H3. The first kappa shape index (κ1) is 17.9. The van der Waals surface area contributed by atoms with Crippen molar-refractivity contribution in [2.45, 2.75) is 20.8 Å². The van der Waals surface area contributed by atoms with E-state index in [4.69, 9.17) is 0 Å². The van der Waals surface area contributed by atoms with Crippen LogP contribution in [0, 0.1) is 13.8 Å². The largest absolute Gasteiger partial charge is 0.354 e. The normalized spacial score (nSPS) is 14.3. The van der Waals surface area contributed by atoms with E-state index < -0.39 is 0 Å². The molecule has 2 heterocycles. The summed E-state index contributed by atoms with van der Waals surface area (Å²) in [6, 6.07) is 9.72. The second-order valence-electron chi connectivity index (χ2n) is 6.60. The van der Waals surface area contributed by atoms with Crippen molar-refractivity contribution in [3.63, 3.8) is 0 Å². The van der Waals surface area contributed by atoms with E-state index in [2.05, 4.69) is 30.2 Å². The Morgan fingerprint density at radius 3 is 2.31 bits per heavy atom. The maximum atomic E-state index is 12.6. The van der Waals surface area contributed by atoms with E-state index in [9.17, 15) is 9.59 Å². The molecule has 2 aromatic rings. The van der Waals surface area contributed by atoms with E-state index in [1.807, 2.05) is 18.2 Å². The Kier molecular flexibility index (Phi) is 5.21. The Hall–Kier alpha value is -2.89. The molecule has 0 aliphatic carbocycles. The SMILES string of the molecule is CC(=O)N1CCN(C(=O)c2ccc(Nc3cccc(C)c3C)cn2)CC1. The minimum Gasteiger partial charge on any atom is -0.354 e. The number of amides is 2. The van der Waals surface area contributed by atoms with Gasteiger partial charge < -0.3 is 15.1 Å². The predicted octanol–water partition coefficient (Wildman–Crippen LogP) is 2.75. The number of benzene rings is 1. The summed E-state index contributed by atoms with van der Waals surface area (Å²) in [5, 5.41) is 3.35. The van der Waals surface area contributed by atoms with Crippen LogP contribution in [0.5, 0.6) is 0 Å². The fourth-order valence-corrected chi connectivity index (χ4v) is 3.02. The topological polar surface area (TPSA) is 65.5 Å². The molecular formula is C20H24N4O2. The van der Waals surface area contributed by atoms with Gasteiger partial charge in [-0.25, -0.2) is 4.98 Å². The number of hydrogen-bond acceptors (Lipinski definition) is 4. The van der Waals surface area contributed by atoms with Gasteiger partial charge in [0.05, 0.1) is 11.9 Å². The van der Waals surface area contributed by atoms with Gasteiger partial charge in [-0.05, 0) is 43.2 Å². The van der Waals surface area contributed by atoms with Crippen molar-refractivity contribution in [1.82, 2.24) is 14.8 Å². The van der Waals surface area contributed by atoms with Crippen molar-refractivity contribution >= 4 is 23.2 Å². The molecule has 3 rings (SSSR count). The number of piperazine rings is 1. The van der Waals surface area contributed by atoms with Crippen LogP contribution in [0.4, 0.5) is 11.4 Å². The van der Waals surface area contributed by atoms with Gasteiger partial charge in [0.25, 0.3) is 5.91 Å². The van der Waals surface area contributed by atoms with Crippen molar-refractivity contribution in [3.05, 3.63) is 53.3 Å². The van der Waals surface area contributed by atoms with Crippen LogP contribution in [0.1, 0.15) is 28.5 Å². The second-order valence-corrected chi connectivity index (χ2v) is 6.60. The van der Waals surface area contributed by atoms with E-state index in [0.29, 0.717) is 31.9 Å². The fourth-order valence-electron chi connectivity index (χ4n) is 3.02. The molecule has 1 aliphatic rings. The lowest BCUT2D eigenvalue weighted by molar-refractivity contribution is -0.130. The Morgan fingerprint density at radius 1 is 1.00 bits per heavy atom. The molecule has 0 saturated carbocycles. The van der Waals surface area contributed by atoms with Crippen LogP contribution in [0.3, 0.4) is 0 Å². The molecular weight excluding hydrogens is 328 g/mol. The van der Waals surface area contributed by atoms with E-state index >= 15 is 0 Å². The van der Waals surface area contributed by atoms with Crippen molar-refractivity contribution in [2.75, 3.05) is 31.5 Å². The molecule has 136 valence electrons. The third-order valence-corrected chi connectivity index (χ3v) is 4.88. The number of carbonyl (C=O) groups excluding carboxylic acids is 2. The second kappa shape index (κ2) is 7.56. The number of nitrogens with one attached hydrogen (secondary N) is 1. The third-order valence-electron chi connectivity index (χ3n) is 4.88. The number of anilines is 2. The molecule has 0 atom stereocenters. The zero-order valence-electron chi connectivity index (χ0n) is 15.5. The number of aromatic nitrogens is 1. The van der Waals surface area contributed by atoms with Gasteiger partial charge in [-0.15, -0.1) is 0 Å². The van der Waals surface area contributed by atoms with Crippen LogP contribution in [0.25, 0.3) is 0 Å². The number of hydrogen-bond donors (Lipinski definition) is 1. The molecule has 1 aromatic heterocycles. The summed E-state index contributed by atoms with van der Waals surface area (Å²) in [6.07, 6.45) is 1.68. The number of nitrogens with zero attached hydrogens (tertiary/aromatic N) is 3. The van der Waals surface area contributed by atoms with Gasteiger partial charge in [0.2, 0.25) is 5.91 Å². The highest BCUT2D eigenvalue weighted by Crippen LogP contribution is 2.22. The van der Waals surface area contributed by atoms with Gasteiger partial charge in [0.1, 0.15) is 5.69 Å². The first-order chi connectivity index (χ1) is 12.5.